The lowest BCUT2D eigenvalue weighted by molar-refractivity contribution is 0.610. The third kappa shape index (κ3) is 2.83. The van der Waals surface area contributed by atoms with Crippen molar-refractivity contribution in [1.29, 1.82) is 0 Å². The highest BCUT2D eigenvalue weighted by atomic mass is 35.5. The molecule has 0 bridgehead atoms. The van der Waals surface area contributed by atoms with Crippen LogP contribution in [0.2, 0.25) is 10.0 Å². The Hall–Kier alpha value is -1.09. The quantitative estimate of drug-likeness (QED) is 0.893. The third-order valence-corrected chi connectivity index (χ3v) is 3.25. The van der Waals surface area contributed by atoms with Crippen molar-refractivity contribution in [2.45, 2.75) is 6.42 Å². The Balaban J connectivity index is 2.47. The monoisotopic (exact) mass is 283 g/mol. The summed E-state index contributed by atoms with van der Waals surface area (Å²) in [6.07, 6.45) is 0.505. The molecule has 0 saturated heterocycles. The molecule has 0 atom stereocenters. The van der Waals surface area contributed by atoms with Crippen molar-refractivity contribution >= 4 is 23.2 Å². The molecule has 2 aromatic rings. The summed E-state index contributed by atoms with van der Waals surface area (Å²) >= 11 is 12.0. The molecule has 0 heterocycles. The van der Waals surface area contributed by atoms with Crippen molar-refractivity contribution < 1.29 is 4.39 Å². The largest absolute Gasteiger partial charge is 0.330 e. The molecule has 2 N–H and O–H groups in total. The fourth-order valence-corrected chi connectivity index (χ4v) is 2.33. The second-order valence-electron chi connectivity index (χ2n) is 3.97. The molecule has 0 unspecified atom stereocenters. The Morgan fingerprint density at radius 1 is 1.06 bits per heavy atom. The van der Waals surface area contributed by atoms with Crippen LogP contribution in [0.1, 0.15) is 5.56 Å². The molecule has 1 nitrogen and oxygen atoms in total. The molecule has 0 saturated carbocycles. The molecular weight excluding hydrogens is 272 g/mol. The fourth-order valence-electron chi connectivity index (χ4n) is 1.81. The number of halogens is 3. The second kappa shape index (κ2) is 5.70. The maximum absolute atomic E-state index is 13.5. The number of hydrogen-bond acceptors (Lipinski definition) is 1. The van der Waals surface area contributed by atoms with Gasteiger partial charge in [-0.25, -0.2) is 4.39 Å². The van der Waals surface area contributed by atoms with Crippen LogP contribution in [-0.4, -0.2) is 6.54 Å². The van der Waals surface area contributed by atoms with Crippen molar-refractivity contribution in [2.75, 3.05) is 6.54 Å². The molecule has 0 fully saturated rings. The van der Waals surface area contributed by atoms with Crippen LogP contribution in [0, 0.1) is 5.82 Å². The van der Waals surface area contributed by atoms with E-state index in [0.29, 0.717) is 28.6 Å². The van der Waals surface area contributed by atoms with E-state index in [0.717, 1.165) is 11.1 Å². The summed E-state index contributed by atoms with van der Waals surface area (Å²) in [7, 11) is 0. The van der Waals surface area contributed by atoms with Crippen LogP contribution in [0.3, 0.4) is 0 Å². The molecular formula is C14H12Cl2FN. The summed E-state index contributed by atoms with van der Waals surface area (Å²) in [6, 6.07) is 10.2. The second-order valence-corrected chi connectivity index (χ2v) is 4.81. The van der Waals surface area contributed by atoms with Gasteiger partial charge in [0.2, 0.25) is 0 Å². The number of benzene rings is 2. The molecule has 0 aliphatic carbocycles. The SMILES string of the molecule is NCCc1cc(-c2ccc(Cl)cc2Cl)ccc1F. The maximum atomic E-state index is 13.5. The van der Waals surface area contributed by atoms with Gasteiger partial charge in [0.05, 0.1) is 0 Å². The van der Waals surface area contributed by atoms with E-state index in [9.17, 15) is 4.39 Å². The lowest BCUT2D eigenvalue weighted by Crippen LogP contribution is -2.04. The molecule has 0 aliphatic rings. The zero-order valence-corrected chi connectivity index (χ0v) is 11.1. The normalized spacial score (nSPS) is 10.7. The third-order valence-electron chi connectivity index (χ3n) is 2.70. The van der Waals surface area contributed by atoms with Gasteiger partial charge in [-0.15, -0.1) is 0 Å². The van der Waals surface area contributed by atoms with Gasteiger partial charge in [0.25, 0.3) is 0 Å². The van der Waals surface area contributed by atoms with E-state index >= 15 is 0 Å². The fraction of sp³-hybridized carbons (Fsp3) is 0.143. The van der Waals surface area contributed by atoms with Gasteiger partial charge in [0.1, 0.15) is 5.82 Å². The van der Waals surface area contributed by atoms with Crippen LogP contribution in [-0.2, 0) is 6.42 Å². The summed E-state index contributed by atoms with van der Waals surface area (Å²) in [5, 5.41) is 1.13. The molecule has 2 rings (SSSR count). The predicted molar refractivity (Wildman–Crippen MR) is 74.6 cm³/mol. The van der Waals surface area contributed by atoms with Gasteiger partial charge in [0.15, 0.2) is 0 Å². The first kappa shape index (κ1) is 13.3. The van der Waals surface area contributed by atoms with Gasteiger partial charge in [0, 0.05) is 15.6 Å². The standard InChI is InChI=1S/C14H12Cl2FN/c15-11-2-3-12(13(16)8-11)9-1-4-14(17)10(7-9)5-6-18/h1-4,7-8H,5-6,18H2. The van der Waals surface area contributed by atoms with Gasteiger partial charge in [-0.05, 0) is 48.4 Å². The highest BCUT2D eigenvalue weighted by Gasteiger charge is 2.08. The predicted octanol–water partition coefficient (Wildman–Crippen LogP) is 4.30. The number of hydrogen-bond donors (Lipinski definition) is 1. The van der Waals surface area contributed by atoms with E-state index < -0.39 is 0 Å². The van der Waals surface area contributed by atoms with Crippen LogP contribution in [0.4, 0.5) is 4.39 Å². The summed E-state index contributed by atoms with van der Waals surface area (Å²) in [6.45, 7) is 0.411. The number of rotatable bonds is 3. The van der Waals surface area contributed by atoms with E-state index in [1.165, 1.54) is 6.07 Å². The van der Waals surface area contributed by atoms with E-state index in [4.69, 9.17) is 28.9 Å². The Labute approximate surface area is 115 Å². The summed E-state index contributed by atoms with van der Waals surface area (Å²) in [5.41, 5.74) is 7.75. The van der Waals surface area contributed by atoms with Crippen LogP contribution >= 0.6 is 23.2 Å². The minimum Gasteiger partial charge on any atom is -0.330 e. The lowest BCUT2D eigenvalue weighted by Gasteiger charge is -2.08. The topological polar surface area (TPSA) is 26.0 Å². The lowest BCUT2D eigenvalue weighted by atomic mass is 10.0. The van der Waals surface area contributed by atoms with E-state index in [1.807, 2.05) is 6.07 Å². The molecule has 18 heavy (non-hydrogen) atoms. The van der Waals surface area contributed by atoms with E-state index in [1.54, 1.807) is 24.3 Å². The van der Waals surface area contributed by atoms with Crippen LogP contribution in [0.15, 0.2) is 36.4 Å². The number of nitrogens with two attached hydrogens (primary N) is 1. The summed E-state index contributed by atoms with van der Waals surface area (Å²) in [5.74, 6) is -0.241. The minimum absolute atomic E-state index is 0.241. The molecule has 2 aromatic carbocycles. The highest BCUT2D eigenvalue weighted by molar-refractivity contribution is 6.36. The van der Waals surface area contributed by atoms with Crippen molar-refractivity contribution in [3.63, 3.8) is 0 Å². The minimum atomic E-state index is -0.241. The molecule has 94 valence electrons. The smallest absolute Gasteiger partial charge is 0.126 e. The van der Waals surface area contributed by atoms with Gasteiger partial charge in [-0.2, -0.15) is 0 Å². The van der Waals surface area contributed by atoms with E-state index in [-0.39, 0.29) is 5.82 Å². The first-order chi connectivity index (χ1) is 8.61. The zero-order valence-electron chi connectivity index (χ0n) is 9.59. The molecule has 0 aliphatic heterocycles. The first-order valence-corrected chi connectivity index (χ1v) is 6.31. The average molecular weight is 284 g/mol. The van der Waals surface area contributed by atoms with Crippen LogP contribution in [0.25, 0.3) is 11.1 Å². The molecule has 0 aromatic heterocycles. The molecule has 0 radical (unpaired) electrons. The summed E-state index contributed by atoms with van der Waals surface area (Å²) in [4.78, 5) is 0. The zero-order chi connectivity index (χ0) is 13.1. The summed E-state index contributed by atoms with van der Waals surface area (Å²) < 4.78 is 13.5. The van der Waals surface area contributed by atoms with Gasteiger partial charge < -0.3 is 5.73 Å². The van der Waals surface area contributed by atoms with Crippen molar-refractivity contribution in [3.8, 4) is 11.1 Å². The Kier molecular flexibility index (Phi) is 4.23. The first-order valence-electron chi connectivity index (χ1n) is 5.55. The molecule has 0 amide bonds. The average Bonchev–Trinajstić information content (AvgIpc) is 2.33. The maximum Gasteiger partial charge on any atom is 0.126 e. The van der Waals surface area contributed by atoms with Crippen LogP contribution in [0.5, 0.6) is 0 Å². The highest BCUT2D eigenvalue weighted by Crippen LogP contribution is 2.31. The Morgan fingerprint density at radius 3 is 2.50 bits per heavy atom. The molecule has 0 spiro atoms. The molecule has 4 heteroatoms. The van der Waals surface area contributed by atoms with Gasteiger partial charge in [-0.3, -0.25) is 0 Å². The van der Waals surface area contributed by atoms with Gasteiger partial charge >= 0.3 is 0 Å². The van der Waals surface area contributed by atoms with Crippen molar-refractivity contribution in [2.24, 2.45) is 5.73 Å². The van der Waals surface area contributed by atoms with Crippen LogP contribution < -0.4 is 5.73 Å². The van der Waals surface area contributed by atoms with Gasteiger partial charge in [-0.1, -0.05) is 35.3 Å². The Bertz CT molecular complexity index is 570. The van der Waals surface area contributed by atoms with Crippen molar-refractivity contribution in [3.05, 3.63) is 57.8 Å². The van der Waals surface area contributed by atoms with Crippen molar-refractivity contribution in [1.82, 2.24) is 0 Å². The van der Waals surface area contributed by atoms with E-state index in [2.05, 4.69) is 0 Å². The Morgan fingerprint density at radius 2 is 1.83 bits per heavy atom.